The van der Waals surface area contributed by atoms with Crippen LogP contribution in [0, 0.1) is 6.92 Å². The minimum Gasteiger partial charge on any atom is -0.457 e. The van der Waals surface area contributed by atoms with Crippen LogP contribution >= 0.6 is 11.6 Å². The number of rotatable bonds is 3. The lowest BCUT2D eigenvalue weighted by Gasteiger charge is -2.08. The zero-order valence-corrected chi connectivity index (χ0v) is 12.7. The Morgan fingerprint density at radius 1 is 1.23 bits per heavy atom. The van der Waals surface area contributed by atoms with E-state index in [1.165, 1.54) is 0 Å². The second-order valence-electron chi connectivity index (χ2n) is 4.89. The normalized spacial score (nSPS) is 10.6. The predicted octanol–water partition coefficient (Wildman–Crippen LogP) is 3.95. The van der Waals surface area contributed by atoms with Crippen LogP contribution in [0.3, 0.4) is 0 Å². The fourth-order valence-electron chi connectivity index (χ4n) is 2.20. The Balaban J connectivity index is 1.84. The standard InChI is InChI=1S/C17H13ClN2O2/c1-11-8-14(13-4-2-3-5-15(13)20-11)17(21)22-10-12-6-7-16(18)19-9-12/h2-9H,10H2,1H3. The molecule has 3 aromatic rings. The number of benzene rings is 1. The quantitative estimate of drug-likeness (QED) is 0.543. The molecule has 0 unspecified atom stereocenters. The first-order chi connectivity index (χ1) is 10.6. The van der Waals surface area contributed by atoms with Gasteiger partial charge in [0.25, 0.3) is 0 Å². The van der Waals surface area contributed by atoms with Gasteiger partial charge in [-0.1, -0.05) is 35.9 Å². The summed E-state index contributed by atoms with van der Waals surface area (Å²) < 4.78 is 5.37. The van der Waals surface area contributed by atoms with Crippen molar-refractivity contribution in [3.63, 3.8) is 0 Å². The van der Waals surface area contributed by atoms with Crippen molar-refractivity contribution >= 4 is 28.5 Å². The molecule has 0 spiro atoms. The first-order valence-electron chi connectivity index (χ1n) is 6.77. The molecule has 1 aromatic carbocycles. The highest BCUT2D eigenvalue weighted by molar-refractivity contribution is 6.29. The van der Waals surface area contributed by atoms with Gasteiger partial charge < -0.3 is 4.74 Å². The van der Waals surface area contributed by atoms with Crippen molar-refractivity contribution in [1.82, 2.24) is 9.97 Å². The van der Waals surface area contributed by atoms with Gasteiger partial charge in [0.2, 0.25) is 0 Å². The van der Waals surface area contributed by atoms with Crippen molar-refractivity contribution in [1.29, 1.82) is 0 Å². The van der Waals surface area contributed by atoms with Gasteiger partial charge in [0.1, 0.15) is 11.8 Å². The van der Waals surface area contributed by atoms with Crippen LogP contribution in [-0.2, 0) is 11.3 Å². The Morgan fingerprint density at radius 2 is 2.05 bits per heavy atom. The molecule has 4 nitrogen and oxygen atoms in total. The lowest BCUT2D eigenvalue weighted by molar-refractivity contribution is 0.0474. The highest BCUT2D eigenvalue weighted by atomic mass is 35.5. The monoisotopic (exact) mass is 312 g/mol. The number of aryl methyl sites for hydroxylation is 1. The fraction of sp³-hybridized carbons (Fsp3) is 0.118. The SMILES string of the molecule is Cc1cc(C(=O)OCc2ccc(Cl)nc2)c2ccccc2n1. The predicted molar refractivity (Wildman–Crippen MR) is 84.8 cm³/mol. The van der Waals surface area contributed by atoms with Crippen LogP contribution in [0.4, 0.5) is 0 Å². The molecule has 0 radical (unpaired) electrons. The molecule has 0 saturated heterocycles. The Morgan fingerprint density at radius 3 is 2.82 bits per heavy atom. The van der Waals surface area contributed by atoms with E-state index in [0.717, 1.165) is 22.2 Å². The second kappa shape index (κ2) is 6.12. The summed E-state index contributed by atoms with van der Waals surface area (Å²) in [6, 6.07) is 12.7. The fourth-order valence-corrected chi connectivity index (χ4v) is 2.31. The van der Waals surface area contributed by atoms with Gasteiger partial charge in [-0.3, -0.25) is 4.98 Å². The largest absolute Gasteiger partial charge is 0.457 e. The van der Waals surface area contributed by atoms with Crippen LogP contribution in [-0.4, -0.2) is 15.9 Å². The molecule has 2 aromatic heterocycles. The summed E-state index contributed by atoms with van der Waals surface area (Å²) in [4.78, 5) is 20.7. The molecule has 22 heavy (non-hydrogen) atoms. The molecular formula is C17H13ClN2O2. The van der Waals surface area contributed by atoms with Crippen molar-refractivity contribution in [2.45, 2.75) is 13.5 Å². The number of nitrogens with zero attached hydrogens (tertiary/aromatic N) is 2. The highest BCUT2D eigenvalue weighted by Gasteiger charge is 2.13. The molecule has 0 atom stereocenters. The smallest absolute Gasteiger partial charge is 0.339 e. The van der Waals surface area contributed by atoms with Crippen molar-refractivity contribution in [2.75, 3.05) is 0 Å². The maximum absolute atomic E-state index is 12.4. The van der Waals surface area contributed by atoms with Crippen LogP contribution in [0.25, 0.3) is 10.9 Å². The minimum absolute atomic E-state index is 0.151. The number of aromatic nitrogens is 2. The van der Waals surface area contributed by atoms with E-state index in [0.29, 0.717) is 10.7 Å². The molecule has 3 rings (SSSR count). The average molecular weight is 313 g/mol. The number of para-hydroxylation sites is 1. The molecule has 0 aliphatic carbocycles. The van der Waals surface area contributed by atoms with E-state index in [9.17, 15) is 4.79 Å². The first kappa shape index (κ1) is 14.5. The van der Waals surface area contributed by atoms with E-state index >= 15 is 0 Å². The molecule has 0 fully saturated rings. The van der Waals surface area contributed by atoms with Crippen molar-refractivity contribution in [3.05, 3.63) is 70.6 Å². The number of esters is 1. The van der Waals surface area contributed by atoms with Gasteiger partial charge in [-0.05, 0) is 25.1 Å². The molecule has 0 bridgehead atoms. The van der Waals surface area contributed by atoms with E-state index < -0.39 is 0 Å². The second-order valence-corrected chi connectivity index (χ2v) is 5.28. The summed E-state index contributed by atoms with van der Waals surface area (Å²) in [5.41, 5.74) is 2.86. The van der Waals surface area contributed by atoms with Crippen LogP contribution in [0.2, 0.25) is 5.15 Å². The molecule has 0 saturated carbocycles. The van der Waals surface area contributed by atoms with Gasteiger partial charge in [-0.2, -0.15) is 0 Å². The maximum Gasteiger partial charge on any atom is 0.339 e. The lowest BCUT2D eigenvalue weighted by Crippen LogP contribution is -2.07. The number of pyridine rings is 2. The van der Waals surface area contributed by atoms with Gasteiger partial charge in [0.15, 0.2) is 0 Å². The van der Waals surface area contributed by atoms with Crippen molar-refractivity contribution < 1.29 is 9.53 Å². The molecule has 5 heteroatoms. The zero-order chi connectivity index (χ0) is 15.5. The lowest BCUT2D eigenvalue weighted by atomic mass is 10.1. The van der Waals surface area contributed by atoms with Crippen LogP contribution < -0.4 is 0 Å². The minimum atomic E-state index is -0.378. The van der Waals surface area contributed by atoms with E-state index in [1.807, 2.05) is 31.2 Å². The van der Waals surface area contributed by atoms with Crippen molar-refractivity contribution in [2.24, 2.45) is 0 Å². The average Bonchev–Trinajstić information content (AvgIpc) is 2.53. The summed E-state index contributed by atoms with van der Waals surface area (Å²) in [7, 11) is 0. The van der Waals surface area contributed by atoms with Crippen molar-refractivity contribution in [3.8, 4) is 0 Å². The third kappa shape index (κ3) is 3.07. The van der Waals surface area contributed by atoms with E-state index in [4.69, 9.17) is 16.3 Å². The number of hydrogen-bond donors (Lipinski definition) is 0. The topological polar surface area (TPSA) is 52.1 Å². The number of carbonyl (C=O) groups excluding carboxylic acids is 1. The maximum atomic E-state index is 12.4. The molecule has 0 amide bonds. The first-order valence-corrected chi connectivity index (χ1v) is 7.15. The Kier molecular flexibility index (Phi) is 4.02. The van der Waals surface area contributed by atoms with Gasteiger partial charge in [0, 0.05) is 22.8 Å². The van der Waals surface area contributed by atoms with Crippen LogP contribution in [0.5, 0.6) is 0 Å². The van der Waals surface area contributed by atoms with Crippen LogP contribution in [0.15, 0.2) is 48.7 Å². The number of halogens is 1. The summed E-state index contributed by atoms with van der Waals surface area (Å²) in [5, 5.41) is 1.19. The molecular weight excluding hydrogens is 300 g/mol. The summed E-state index contributed by atoms with van der Waals surface area (Å²) in [6.45, 7) is 2.00. The van der Waals surface area contributed by atoms with Gasteiger partial charge >= 0.3 is 5.97 Å². The van der Waals surface area contributed by atoms with Crippen LogP contribution in [0.1, 0.15) is 21.6 Å². The third-order valence-corrected chi connectivity index (χ3v) is 3.45. The molecule has 0 aliphatic heterocycles. The summed E-state index contributed by atoms with van der Waals surface area (Å²) >= 11 is 5.73. The Hall–Kier alpha value is -2.46. The van der Waals surface area contributed by atoms with Gasteiger partial charge in [-0.15, -0.1) is 0 Å². The molecule has 0 N–H and O–H groups in total. The number of hydrogen-bond acceptors (Lipinski definition) is 4. The third-order valence-electron chi connectivity index (χ3n) is 3.22. The molecule has 0 aliphatic rings. The molecule has 110 valence electrons. The highest BCUT2D eigenvalue weighted by Crippen LogP contribution is 2.19. The summed E-state index contributed by atoms with van der Waals surface area (Å²) in [6.07, 6.45) is 1.59. The zero-order valence-electron chi connectivity index (χ0n) is 11.9. The molecule has 2 heterocycles. The Bertz CT molecular complexity index is 832. The summed E-state index contributed by atoms with van der Waals surface area (Å²) in [5.74, 6) is -0.378. The van der Waals surface area contributed by atoms with E-state index in [2.05, 4.69) is 9.97 Å². The number of ether oxygens (including phenoxy) is 1. The number of carbonyl (C=O) groups is 1. The number of fused-ring (bicyclic) bond motifs is 1. The Labute approximate surface area is 132 Å². The van der Waals surface area contributed by atoms with Gasteiger partial charge in [0.05, 0.1) is 11.1 Å². The van der Waals surface area contributed by atoms with E-state index in [1.54, 1.807) is 24.4 Å². The van der Waals surface area contributed by atoms with Gasteiger partial charge in [-0.25, -0.2) is 9.78 Å². The van der Waals surface area contributed by atoms with E-state index in [-0.39, 0.29) is 12.6 Å².